The Kier molecular flexibility index (Phi) is 3.07. The van der Waals surface area contributed by atoms with Gasteiger partial charge in [0.15, 0.2) is 5.82 Å². The Balaban J connectivity index is 3.15. The molecule has 4 heteroatoms. The second-order valence-electron chi connectivity index (χ2n) is 4.45. The molecule has 0 spiro atoms. The number of methoxy groups -OCH3 is 1. The summed E-state index contributed by atoms with van der Waals surface area (Å²) in [5.74, 6) is 0.568. The first-order valence-electron chi connectivity index (χ1n) is 4.79. The maximum absolute atomic E-state index is 11.9. The van der Waals surface area contributed by atoms with E-state index >= 15 is 0 Å². The van der Waals surface area contributed by atoms with Gasteiger partial charge in [0.1, 0.15) is 0 Å². The Hall–Kier alpha value is -1.45. The van der Waals surface area contributed by atoms with Crippen LogP contribution in [0.25, 0.3) is 0 Å². The van der Waals surface area contributed by atoms with Crippen LogP contribution >= 0.6 is 0 Å². The number of aryl methyl sites for hydroxylation is 1. The molecule has 0 saturated carbocycles. The highest BCUT2D eigenvalue weighted by molar-refractivity contribution is 5.96. The van der Waals surface area contributed by atoms with Gasteiger partial charge in [0.25, 0.3) is 0 Å². The van der Waals surface area contributed by atoms with Crippen molar-refractivity contribution in [3.8, 4) is 5.88 Å². The highest BCUT2D eigenvalue weighted by Gasteiger charge is 2.26. The van der Waals surface area contributed by atoms with Crippen molar-refractivity contribution in [1.29, 1.82) is 0 Å². The monoisotopic (exact) mass is 208 g/mol. The number of aromatic nitrogens is 2. The predicted molar refractivity (Wildman–Crippen MR) is 57.1 cm³/mol. The standard InChI is InChI=1S/C11H16N2O2/c1-7-6-8(15-5)13-10(12-7)9(14)11(2,3)4/h6H,1-5H3. The number of ether oxygens (including phenoxy) is 1. The Labute approximate surface area is 89.7 Å². The summed E-state index contributed by atoms with van der Waals surface area (Å²) >= 11 is 0. The van der Waals surface area contributed by atoms with E-state index in [1.54, 1.807) is 6.07 Å². The Morgan fingerprint density at radius 1 is 1.33 bits per heavy atom. The lowest BCUT2D eigenvalue weighted by molar-refractivity contribution is 0.0845. The maximum atomic E-state index is 11.9. The van der Waals surface area contributed by atoms with Crippen molar-refractivity contribution < 1.29 is 9.53 Å². The van der Waals surface area contributed by atoms with Crippen LogP contribution in [0.2, 0.25) is 0 Å². The number of nitrogens with zero attached hydrogens (tertiary/aromatic N) is 2. The van der Waals surface area contributed by atoms with Gasteiger partial charge < -0.3 is 4.74 Å². The normalized spacial score (nSPS) is 11.3. The lowest BCUT2D eigenvalue weighted by Gasteiger charge is -2.15. The van der Waals surface area contributed by atoms with Crippen LogP contribution < -0.4 is 4.74 Å². The molecule has 0 N–H and O–H groups in total. The van der Waals surface area contributed by atoms with Crippen molar-refractivity contribution in [2.75, 3.05) is 7.11 Å². The fraction of sp³-hybridized carbons (Fsp3) is 0.545. The molecular formula is C11H16N2O2. The summed E-state index contributed by atoms with van der Waals surface area (Å²) in [6.07, 6.45) is 0. The Bertz CT molecular complexity index is 381. The number of hydrogen-bond acceptors (Lipinski definition) is 4. The molecule has 1 rings (SSSR count). The zero-order chi connectivity index (χ0) is 11.6. The minimum atomic E-state index is -0.473. The number of rotatable bonds is 2. The summed E-state index contributed by atoms with van der Waals surface area (Å²) in [5, 5.41) is 0. The smallest absolute Gasteiger partial charge is 0.216 e. The van der Waals surface area contributed by atoms with Crippen molar-refractivity contribution in [2.24, 2.45) is 5.41 Å². The first-order chi connectivity index (χ1) is 6.84. The average Bonchev–Trinajstić information content (AvgIpc) is 2.14. The molecular weight excluding hydrogens is 192 g/mol. The number of hydrogen-bond donors (Lipinski definition) is 0. The molecule has 1 heterocycles. The molecule has 0 fully saturated rings. The highest BCUT2D eigenvalue weighted by atomic mass is 16.5. The predicted octanol–water partition coefficient (Wildman–Crippen LogP) is 2.02. The van der Waals surface area contributed by atoms with Crippen molar-refractivity contribution in [1.82, 2.24) is 9.97 Å². The molecule has 0 aliphatic rings. The second kappa shape index (κ2) is 3.96. The van der Waals surface area contributed by atoms with E-state index in [-0.39, 0.29) is 11.6 Å². The van der Waals surface area contributed by atoms with E-state index in [0.717, 1.165) is 5.69 Å². The van der Waals surface area contributed by atoms with Crippen LogP contribution in [-0.4, -0.2) is 22.9 Å². The van der Waals surface area contributed by atoms with Gasteiger partial charge in [-0.05, 0) is 6.92 Å². The topological polar surface area (TPSA) is 52.1 Å². The summed E-state index contributed by atoms with van der Waals surface area (Å²) in [5.41, 5.74) is 0.258. The van der Waals surface area contributed by atoms with Gasteiger partial charge in [0.2, 0.25) is 11.7 Å². The van der Waals surface area contributed by atoms with Gasteiger partial charge in [-0.1, -0.05) is 20.8 Å². The third-order valence-corrected chi connectivity index (χ3v) is 1.92. The van der Waals surface area contributed by atoms with Crippen molar-refractivity contribution >= 4 is 5.78 Å². The molecule has 1 aromatic heterocycles. The van der Waals surface area contributed by atoms with Gasteiger partial charge in [-0.3, -0.25) is 4.79 Å². The van der Waals surface area contributed by atoms with Gasteiger partial charge in [-0.2, -0.15) is 4.98 Å². The van der Waals surface area contributed by atoms with E-state index in [1.165, 1.54) is 7.11 Å². The number of Topliss-reactive ketones (excluding diaryl/α,β-unsaturated/α-hetero) is 1. The fourth-order valence-electron chi connectivity index (χ4n) is 1.08. The fourth-order valence-corrected chi connectivity index (χ4v) is 1.08. The number of carbonyl (C=O) groups excluding carboxylic acids is 1. The molecule has 0 amide bonds. The summed E-state index contributed by atoms with van der Waals surface area (Å²) in [6.45, 7) is 7.33. The molecule has 0 aromatic carbocycles. The van der Waals surface area contributed by atoms with Gasteiger partial charge in [0.05, 0.1) is 7.11 Å². The van der Waals surface area contributed by atoms with E-state index < -0.39 is 5.41 Å². The summed E-state index contributed by atoms with van der Waals surface area (Å²) < 4.78 is 5.00. The van der Waals surface area contributed by atoms with Crippen molar-refractivity contribution in [2.45, 2.75) is 27.7 Å². The van der Waals surface area contributed by atoms with Gasteiger partial charge in [0, 0.05) is 17.2 Å². The minimum Gasteiger partial charge on any atom is -0.481 e. The largest absolute Gasteiger partial charge is 0.481 e. The molecule has 0 saturated heterocycles. The van der Waals surface area contributed by atoms with Crippen molar-refractivity contribution in [3.05, 3.63) is 17.6 Å². The molecule has 4 nitrogen and oxygen atoms in total. The molecule has 1 aromatic rings. The Morgan fingerprint density at radius 3 is 2.40 bits per heavy atom. The molecule has 82 valence electrons. The minimum absolute atomic E-state index is 0.0792. The molecule has 0 atom stereocenters. The van der Waals surface area contributed by atoms with Crippen LogP contribution in [0.3, 0.4) is 0 Å². The molecule has 15 heavy (non-hydrogen) atoms. The molecule has 0 aliphatic carbocycles. The van der Waals surface area contributed by atoms with Gasteiger partial charge in [-0.25, -0.2) is 4.98 Å². The molecule has 0 radical (unpaired) electrons. The number of ketones is 1. The second-order valence-corrected chi connectivity index (χ2v) is 4.45. The molecule has 0 bridgehead atoms. The van der Waals surface area contributed by atoms with Crippen LogP contribution in [-0.2, 0) is 0 Å². The third kappa shape index (κ3) is 2.75. The van der Waals surface area contributed by atoms with Gasteiger partial charge >= 0.3 is 0 Å². The highest BCUT2D eigenvalue weighted by Crippen LogP contribution is 2.20. The first kappa shape index (κ1) is 11.6. The van der Waals surface area contributed by atoms with E-state index in [9.17, 15) is 4.79 Å². The summed E-state index contributed by atoms with van der Waals surface area (Å²) in [7, 11) is 1.52. The summed E-state index contributed by atoms with van der Waals surface area (Å²) in [6, 6.07) is 1.69. The SMILES string of the molecule is COc1cc(C)nc(C(=O)C(C)(C)C)n1. The van der Waals surface area contributed by atoms with E-state index in [4.69, 9.17) is 4.74 Å². The summed E-state index contributed by atoms with van der Waals surface area (Å²) in [4.78, 5) is 20.0. The zero-order valence-electron chi connectivity index (χ0n) is 9.79. The number of carbonyl (C=O) groups is 1. The lowest BCUT2D eigenvalue weighted by atomic mass is 9.90. The maximum Gasteiger partial charge on any atom is 0.216 e. The van der Waals surface area contributed by atoms with E-state index in [0.29, 0.717) is 5.88 Å². The van der Waals surface area contributed by atoms with E-state index in [2.05, 4.69) is 9.97 Å². The third-order valence-electron chi connectivity index (χ3n) is 1.92. The molecule has 0 aliphatic heterocycles. The van der Waals surface area contributed by atoms with Crippen LogP contribution in [0.4, 0.5) is 0 Å². The van der Waals surface area contributed by atoms with Crippen LogP contribution in [0.1, 0.15) is 37.1 Å². The van der Waals surface area contributed by atoms with Crippen LogP contribution in [0, 0.1) is 12.3 Å². The van der Waals surface area contributed by atoms with Gasteiger partial charge in [-0.15, -0.1) is 0 Å². The van der Waals surface area contributed by atoms with Crippen LogP contribution in [0.5, 0.6) is 5.88 Å². The zero-order valence-corrected chi connectivity index (χ0v) is 9.79. The average molecular weight is 208 g/mol. The lowest BCUT2D eigenvalue weighted by Crippen LogP contribution is -2.23. The first-order valence-corrected chi connectivity index (χ1v) is 4.79. The quantitative estimate of drug-likeness (QED) is 0.698. The van der Waals surface area contributed by atoms with Crippen molar-refractivity contribution in [3.63, 3.8) is 0 Å². The molecule has 0 unspecified atom stereocenters. The Morgan fingerprint density at radius 2 is 1.93 bits per heavy atom. The van der Waals surface area contributed by atoms with E-state index in [1.807, 2.05) is 27.7 Å². The van der Waals surface area contributed by atoms with Crippen LogP contribution in [0.15, 0.2) is 6.07 Å².